The molecule has 1 aliphatic heterocycles. The van der Waals surface area contributed by atoms with Gasteiger partial charge in [-0.2, -0.15) is 0 Å². The summed E-state index contributed by atoms with van der Waals surface area (Å²) in [5.41, 5.74) is -0.238. The van der Waals surface area contributed by atoms with Gasteiger partial charge in [0.2, 0.25) is 0 Å². The van der Waals surface area contributed by atoms with Crippen LogP contribution < -0.4 is 4.90 Å². The zero-order valence-electron chi connectivity index (χ0n) is 13.8. The van der Waals surface area contributed by atoms with Crippen molar-refractivity contribution < 1.29 is 19.3 Å². The van der Waals surface area contributed by atoms with E-state index in [1.807, 2.05) is 13.8 Å². The van der Waals surface area contributed by atoms with Crippen molar-refractivity contribution in [2.45, 2.75) is 33.0 Å². The van der Waals surface area contributed by atoms with Crippen molar-refractivity contribution in [1.82, 2.24) is 0 Å². The summed E-state index contributed by atoms with van der Waals surface area (Å²) in [5.74, 6) is 0. The molecule has 0 aliphatic carbocycles. The van der Waals surface area contributed by atoms with E-state index in [0.717, 1.165) is 12.8 Å². The van der Waals surface area contributed by atoms with Crippen LogP contribution in [0.1, 0.15) is 38.5 Å². The zero-order chi connectivity index (χ0) is 17.7. The van der Waals surface area contributed by atoms with Crippen molar-refractivity contribution in [2.75, 3.05) is 31.2 Å². The van der Waals surface area contributed by atoms with Crippen molar-refractivity contribution in [3.63, 3.8) is 0 Å². The van der Waals surface area contributed by atoms with Crippen LogP contribution in [-0.2, 0) is 9.47 Å². The van der Waals surface area contributed by atoms with Gasteiger partial charge in [-0.3, -0.25) is 20.2 Å². The molecule has 24 heavy (non-hydrogen) atoms. The van der Waals surface area contributed by atoms with E-state index in [4.69, 9.17) is 9.47 Å². The van der Waals surface area contributed by atoms with E-state index < -0.39 is 16.1 Å². The third-order valence-electron chi connectivity index (χ3n) is 3.68. The van der Waals surface area contributed by atoms with Crippen LogP contribution in [0.15, 0.2) is 12.1 Å². The third-order valence-corrected chi connectivity index (χ3v) is 3.68. The Balaban J connectivity index is 2.61. The highest BCUT2D eigenvalue weighted by molar-refractivity contribution is 5.76. The van der Waals surface area contributed by atoms with Crippen molar-refractivity contribution in [3.05, 3.63) is 37.9 Å². The summed E-state index contributed by atoms with van der Waals surface area (Å²) in [6, 6.07) is 2.63. The van der Waals surface area contributed by atoms with Gasteiger partial charge in [-0.15, -0.1) is 0 Å². The standard InChI is InChI=1S/C15H21N3O6/c1-3-5-16(6-4-2)14-12(17(19)20)9-11(10-13(14)18(21)22)15-23-7-8-24-15/h9-10,15H,3-8H2,1-2H3. The number of nitrogens with zero attached hydrogens (tertiary/aromatic N) is 3. The fourth-order valence-electron chi connectivity index (χ4n) is 2.79. The number of nitro benzene ring substituents is 2. The monoisotopic (exact) mass is 339 g/mol. The molecule has 9 nitrogen and oxygen atoms in total. The summed E-state index contributed by atoms with van der Waals surface area (Å²) in [6.45, 7) is 5.57. The van der Waals surface area contributed by atoms with Gasteiger partial charge in [0.05, 0.1) is 23.1 Å². The molecule has 2 rings (SSSR count). The number of hydrogen-bond acceptors (Lipinski definition) is 7. The zero-order valence-corrected chi connectivity index (χ0v) is 13.8. The van der Waals surface area contributed by atoms with Gasteiger partial charge in [0.25, 0.3) is 11.4 Å². The number of benzene rings is 1. The molecule has 1 aromatic rings. The minimum Gasteiger partial charge on any atom is -0.360 e. The predicted molar refractivity (Wildman–Crippen MR) is 87.2 cm³/mol. The molecule has 132 valence electrons. The fraction of sp³-hybridized carbons (Fsp3) is 0.600. The maximum atomic E-state index is 11.6. The molecule has 9 heteroatoms. The average Bonchev–Trinajstić information content (AvgIpc) is 3.07. The first-order chi connectivity index (χ1) is 11.5. The van der Waals surface area contributed by atoms with Crippen molar-refractivity contribution in [3.8, 4) is 0 Å². The lowest BCUT2D eigenvalue weighted by atomic mass is 10.1. The van der Waals surface area contributed by atoms with Crippen molar-refractivity contribution >= 4 is 17.1 Å². The molecule has 0 atom stereocenters. The van der Waals surface area contributed by atoms with E-state index in [0.29, 0.717) is 31.9 Å². The SMILES string of the molecule is CCCN(CCC)c1c([N+](=O)[O-])cc(C2OCCO2)cc1[N+](=O)[O-]. The molecule has 1 heterocycles. The molecule has 1 aliphatic rings. The van der Waals surface area contributed by atoms with Gasteiger partial charge in [0.15, 0.2) is 12.0 Å². The Morgan fingerprint density at radius 3 is 1.88 bits per heavy atom. The van der Waals surface area contributed by atoms with E-state index in [-0.39, 0.29) is 17.1 Å². The maximum absolute atomic E-state index is 11.6. The Hall–Kier alpha value is -2.26. The average molecular weight is 339 g/mol. The summed E-state index contributed by atoms with van der Waals surface area (Å²) in [4.78, 5) is 23.6. The Bertz CT molecular complexity index is 574. The predicted octanol–water partition coefficient (Wildman–Crippen LogP) is 3.17. The first-order valence-electron chi connectivity index (χ1n) is 7.94. The smallest absolute Gasteiger partial charge is 0.300 e. The van der Waals surface area contributed by atoms with Crippen LogP contribution in [0.4, 0.5) is 17.1 Å². The fourth-order valence-corrected chi connectivity index (χ4v) is 2.79. The highest BCUT2D eigenvalue weighted by atomic mass is 16.7. The minimum absolute atomic E-state index is 0.0513. The topological polar surface area (TPSA) is 108 Å². The van der Waals surface area contributed by atoms with Gasteiger partial charge in [-0.1, -0.05) is 13.8 Å². The summed E-state index contributed by atoms with van der Waals surface area (Å²) in [6.07, 6.45) is 0.651. The minimum atomic E-state index is -0.803. The maximum Gasteiger partial charge on any atom is 0.300 e. The van der Waals surface area contributed by atoms with Gasteiger partial charge in [0, 0.05) is 30.8 Å². The van der Waals surface area contributed by atoms with Crippen LogP contribution in [0.5, 0.6) is 0 Å². The van der Waals surface area contributed by atoms with E-state index in [1.165, 1.54) is 12.1 Å². The highest BCUT2D eigenvalue weighted by Crippen LogP contribution is 2.41. The lowest BCUT2D eigenvalue weighted by Gasteiger charge is -2.23. The second-order valence-corrected chi connectivity index (χ2v) is 5.48. The van der Waals surface area contributed by atoms with Crippen LogP contribution in [-0.4, -0.2) is 36.1 Å². The molecule has 0 N–H and O–H groups in total. The normalized spacial score (nSPS) is 14.8. The number of nitro groups is 2. The Morgan fingerprint density at radius 2 is 1.50 bits per heavy atom. The molecular formula is C15H21N3O6. The summed E-state index contributed by atoms with van der Waals surface area (Å²) >= 11 is 0. The second-order valence-electron chi connectivity index (χ2n) is 5.48. The molecule has 0 amide bonds. The summed E-state index contributed by atoms with van der Waals surface area (Å²) < 4.78 is 10.6. The lowest BCUT2D eigenvalue weighted by Crippen LogP contribution is -2.26. The van der Waals surface area contributed by atoms with E-state index >= 15 is 0 Å². The summed E-state index contributed by atoms with van der Waals surface area (Å²) in [7, 11) is 0. The molecule has 0 unspecified atom stereocenters. The van der Waals surface area contributed by atoms with Crippen molar-refractivity contribution in [1.29, 1.82) is 0 Å². The van der Waals surface area contributed by atoms with E-state index in [1.54, 1.807) is 4.90 Å². The molecule has 1 saturated heterocycles. The molecule has 0 bridgehead atoms. The van der Waals surface area contributed by atoms with Gasteiger partial charge in [0.1, 0.15) is 0 Å². The van der Waals surface area contributed by atoms with Gasteiger partial charge < -0.3 is 14.4 Å². The van der Waals surface area contributed by atoms with Gasteiger partial charge in [-0.25, -0.2) is 0 Å². The second kappa shape index (κ2) is 8.02. The summed E-state index contributed by atoms with van der Waals surface area (Å²) in [5, 5.41) is 23.1. The molecule has 0 spiro atoms. The van der Waals surface area contributed by atoms with Crippen LogP contribution in [0.3, 0.4) is 0 Å². The molecule has 0 aromatic heterocycles. The molecule has 0 saturated carbocycles. The van der Waals surface area contributed by atoms with Gasteiger partial charge in [-0.05, 0) is 12.8 Å². The first kappa shape index (κ1) is 18.1. The number of ether oxygens (including phenoxy) is 2. The molecule has 1 fully saturated rings. The first-order valence-corrected chi connectivity index (χ1v) is 7.94. The largest absolute Gasteiger partial charge is 0.360 e. The Morgan fingerprint density at radius 1 is 1.04 bits per heavy atom. The number of hydrogen-bond donors (Lipinski definition) is 0. The van der Waals surface area contributed by atoms with Gasteiger partial charge >= 0.3 is 0 Å². The molecular weight excluding hydrogens is 318 g/mol. The van der Waals surface area contributed by atoms with Crippen LogP contribution in [0, 0.1) is 20.2 Å². The van der Waals surface area contributed by atoms with Crippen LogP contribution >= 0.6 is 0 Å². The van der Waals surface area contributed by atoms with Crippen LogP contribution in [0.2, 0.25) is 0 Å². The Labute approximate surface area is 139 Å². The highest BCUT2D eigenvalue weighted by Gasteiger charge is 2.33. The lowest BCUT2D eigenvalue weighted by molar-refractivity contribution is -0.392. The number of anilines is 1. The van der Waals surface area contributed by atoms with E-state index in [9.17, 15) is 20.2 Å². The Kier molecular flexibility index (Phi) is 6.04. The quantitative estimate of drug-likeness (QED) is 0.528. The third kappa shape index (κ3) is 3.80. The van der Waals surface area contributed by atoms with Crippen LogP contribution in [0.25, 0.3) is 0 Å². The molecule has 1 aromatic carbocycles. The molecule has 0 radical (unpaired) electrons. The number of rotatable bonds is 8. The van der Waals surface area contributed by atoms with Crippen molar-refractivity contribution in [2.24, 2.45) is 0 Å². The van der Waals surface area contributed by atoms with E-state index in [2.05, 4.69) is 0 Å².